The molecule has 3 nitrogen and oxygen atoms in total. The van der Waals surface area contributed by atoms with Gasteiger partial charge in [0, 0.05) is 16.1 Å². The van der Waals surface area contributed by atoms with E-state index in [1.165, 1.54) is 0 Å². The maximum atomic E-state index is 11.9. The molecule has 0 aliphatic heterocycles. The Morgan fingerprint density at radius 3 is 2.50 bits per heavy atom. The maximum absolute atomic E-state index is 11.9. The Morgan fingerprint density at radius 2 is 1.90 bits per heavy atom. The SMILES string of the molecule is C[C@H](OC(=O)c1ccccc1)c1ccc(C=O)cc1Cl. The van der Waals surface area contributed by atoms with Crippen LogP contribution in [0.4, 0.5) is 0 Å². The predicted octanol–water partition coefficient (Wildman–Crippen LogP) is 4.07. The standard InChI is InChI=1S/C16H13ClO3/c1-11(14-8-7-12(10-18)9-15(14)17)20-16(19)13-5-3-2-4-6-13/h2-11H,1H3/t11-/m0/s1. The third kappa shape index (κ3) is 3.25. The first-order valence-electron chi connectivity index (χ1n) is 6.12. The fourth-order valence-electron chi connectivity index (χ4n) is 1.81. The van der Waals surface area contributed by atoms with E-state index in [4.69, 9.17) is 16.3 Å². The number of carbonyl (C=O) groups is 2. The minimum absolute atomic E-state index is 0.406. The molecule has 0 aromatic heterocycles. The van der Waals surface area contributed by atoms with Crippen molar-refractivity contribution < 1.29 is 14.3 Å². The molecule has 0 saturated carbocycles. The summed E-state index contributed by atoms with van der Waals surface area (Å²) < 4.78 is 5.37. The van der Waals surface area contributed by atoms with Crippen molar-refractivity contribution in [3.05, 3.63) is 70.2 Å². The zero-order valence-corrected chi connectivity index (χ0v) is 11.6. The monoisotopic (exact) mass is 288 g/mol. The molecule has 0 aliphatic rings. The van der Waals surface area contributed by atoms with Gasteiger partial charge in [0.15, 0.2) is 0 Å². The molecule has 0 radical (unpaired) electrons. The molecular weight excluding hydrogens is 276 g/mol. The van der Waals surface area contributed by atoms with Gasteiger partial charge in [-0.1, -0.05) is 41.9 Å². The smallest absolute Gasteiger partial charge is 0.338 e. The predicted molar refractivity (Wildman–Crippen MR) is 77.1 cm³/mol. The van der Waals surface area contributed by atoms with Gasteiger partial charge in [-0.3, -0.25) is 4.79 Å². The molecule has 2 aromatic rings. The van der Waals surface area contributed by atoms with Crippen molar-refractivity contribution in [3.63, 3.8) is 0 Å². The number of hydrogen-bond donors (Lipinski definition) is 0. The van der Waals surface area contributed by atoms with Crippen LogP contribution in [0.2, 0.25) is 5.02 Å². The number of benzene rings is 2. The second-order valence-electron chi connectivity index (χ2n) is 4.31. The molecule has 0 unspecified atom stereocenters. The maximum Gasteiger partial charge on any atom is 0.338 e. The van der Waals surface area contributed by atoms with Gasteiger partial charge in [0.1, 0.15) is 12.4 Å². The van der Waals surface area contributed by atoms with Crippen LogP contribution < -0.4 is 0 Å². The Kier molecular flexibility index (Phi) is 4.53. The summed E-state index contributed by atoms with van der Waals surface area (Å²) in [5, 5.41) is 0.406. The van der Waals surface area contributed by atoms with Crippen molar-refractivity contribution >= 4 is 23.9 Å². The van der Waals surface area contributed by atoms with E-state index in [1.807, 2.05) is 6.07 Å². The average Bonchev–Trinajstić information content (AvgIpc) is 2.47. The van der Waals surface area contributed by atoms with Crippen molar-refractivity contribution in [2.75, 3.05) is 0 Å². The highest BCUT2D eigenvalue weighted by atomic mass is 35.5. The van der Waals surface area contributed by atoms with E-state index < -0.39 is 12.1 Å². The van der Waals surface area contributed by atoms with Crippen molar-refractivity contribution in [1.29, 1.82) is 0 Å². The highest BCUT2D eigenvalue weighted by Gasteiger charge is 2.16. The van der Waals surface area contributed by atoms with Crippen LogP contribution in [0.5, 0.6) is 0 Å². The Hall–Kier alpha value is -2.13. The van der Waals surface area contributed by atoms with E-state index in [0.717, 1.165) is 6.29 Å². The van der Waals surface area contributed by atoms with Crippen LogP contribution in [0, 0.1) is 0 Å². The molecule has 102 valence electrons. The molecule has 2 aromatic carbocycles. The van der Waals surface area contributed by atoms with Crippen molar-refractivity contribution in [3.8, 4) is 0 Å². The molecule has 0 aliphatic carbocycles. The first kappa shape index (κ1) is 14.3. The Bertz CT molecular complexity index is 623. The summed E-state index contributed by atoms with van der Waals surface area (Å²) in [7, 11) is 0. The Morgan fingerprint density at radius 1 is 1.20 bits per heavy atom. The Labute approximate surface area is 122 Å². The quantitative estimate of drug-likeness (QED) is 0.629. The van der Waals surface area contributed by atoms with E-state index in [0.29, 0.717) is 21.7 Å². The molecule has 0 bridgehead atoms. The lowest BCUT2D eigenvalue weighted by molar-refractivity contribution is 0.0338. The number of esters is 1. The first-order valence-corrected chi connectivity index (χ1v) is 6.50. The van der Waals surface area contributed by atoms with Gasteiger partial charge >= 0.3 is 5.97 Å². The fourth-order valence-corrected chi connectivity index (χ4v) is 2.16. The lowest BCUT2D eigenvalue weighted by Crippen LogP contribution is -2.09. The number of aldehydes is 1. The van der Waals surface area contributed by atoms with Crippen molar-refractivity contribution in [1.82, 2.24) is 0 Å². The number of ether oxygens (including phenoxy) is 1. The zero-order chi connectivity index (χ0) is 14.5. The van der Waals surface area contributed by atoms with E-state index in [2.05, 4.69) is 0 Å². The highest BCUT2D eigenvalue weighted by molar-refractivity contribution is 6.31. The molecule has 0 saturated heterocycles. The number of rotatable bonds is 4. The molecule has 2 rings (SSSR count). The topological polar surface area (TPSA) is 43.4 Å². The molecule has 0 fully saturated rings. The van der Waals surface area contributed by atoms with E-state index >= 15 is 0 Å². The van der Waals surface area contributed by atoms with Gasteiger partial charge < -0.3 is 4.74 Å². The van der Waals surface area contributed by atoms with Gasteiger partial charge in [0.25, 0.3) is 0 Å². The van der Waals surface area contributed by atoms with Crippen LogP contribution in [-0.2, 0) is 4.74 Å². The number of carbonyl (C=O) groups excluding carboxylic acids is 2. The minimum Gasteiger partial charge on any atom is -0.454 e. The van der Waals surface area contributed by atoms with Gasteiger partial charge in [0.05, 0.1) is 5.56 Å². The third-order valence-corrected chi connectivity index (χ3v) is 3.22. The summed E-state index contributed by atoms with van der Waals surface area (Å²) in [4.78, 5) is 22.6. The molecule has 1 atom stereocenters. The van der Waals surface area contributed by atoms with E-state index in [1.54, 1.807) is 49.4 Å². The lowest BCUT2D eigenvalue weighted by Gasteiger charge is -2.15. The minimum atomic E-state index is -0.490. The van der Waals surface area contributed by atoms with Crippen LogP contribution in [0.15, 0.2) is 48.5 Å². The van der Waals surface area contributed by atoms with Crippen LogP contribution in [-0.4, -0.2) is 12.3 Å². The first-order chi connectivity index (χ1) is 9.61. The molecule has 20 heavy (non-hydrogen) atoms. The second-order valence-corrected chi connectivity index (χ2v) is 4.72. The molecule has 0 amide bonds. The average molecular weight is 289 g/mol. The highest BCUT2D eigenvalue weighted by Crippen LogP contribution is 2.26. The summed E-state index contributed by atoms with van der Waals surface area (Å²) in [5.41, 5.74) is 1.64. The van der Waals surface area contributed by atoms with Gasteiger partial charge in [-0.05, 0) is 25.1 Å². The van der Waals surface area contributed by atoms with Crippen LogP contribution in [0.3, 0.4) is 0 Å². The second kappa shape index (κ2) is 6.35. The molecule has 0 spiro atoms. The van der Waals surface area contributed by atoms with E-state index in [-0.39, 0.29) is 0 Å². The summed E-state index contributed by atoms with van der Waals surface area (Å²) in [5.74, 6) is -0.409. The molecule has 4 heteroatoms. The summed E-state index contributed by atoms with van der Waals surface area (Å²) in [6, 6.07) is 13.6. The van der Waals surface area contributed by atoms with Gasteiger partial charge in [-0.25, -0.2) is 4.79 Å². The molecule has 0 N–H and O–H groups in total. The van der Waals surface area contributed by atoms with Crippen molar-refractivity contribution in [2.24, 2.45) is 0 Å². The summed E-state index contributed by atoms with van der Waals surface area (Å²) in [6.07, 6.45) is 0.229. The summed E-state index contributed by atoms with van der Waals surface area (Å²) in [6.45, 7) is 1.74. The summed E-state index contributed by atoms with van der Waals surface area (Å²) >= 11 is 6.08. The van der Waals surface area contributed by atoms with Gasteiger partial charge in [-0.2, -0.15) is 0 Å². The fraction of sp³-hybridized carbons (Fsp3) is 0.125. The van der Waals surface area contributed by atoms with Crippen LogP contribution in [0.25, 0.3) is 0 Å². The largest absolute Gasteiger partial charge is 0.454 e. The van der Waals surface area contributed by atoms with Crippen molar-refractivity contribution in [2.45, 2.75) is 13.0 Å². The Balaban J connectivity index is 2.14. The zero-order valence-electron chi connectivity index (χ0n) is 10.9. The molecule has 0 heterocycles. The molecular formula is C16H13ClO3. The number of halogens is 1. The normalized spacial score (nSPS) is 11.7. The van der Waals surface area contributed by atoms with Crippen LogP contribution >= 0.6 is 11.6 Å². The number of hydrogen-bond acceptors (Lipinski definition) is 3. The lowest BCUT2D eigenvalue weighted by atomic mass is 10.1. The third-order valence-electron chi connectivity index (χ3n) is 2.89. The van der Waals surface area contributed by atoms with Gasteiger partial charge in [-0.15, -0.1) is 0 Å². The van der Waals surface area contributed by atoms with Crippen LogP contribution in [0.1, 0.15) is 39.3 Å². The van der Waals surface area contributed by atoms with E-state index in [9.17, 15) is 9.59 Å². The van der Waals surface area contributed by atoms with Gasteiger partial charge in [0.2, 0.25) is 0 Å².